The molecule has 7 heteroatoms. The number of nitrogens with zero attached hydrogens (tertiary/aromatic N) is 3. The van der Waals surface area contributed by atoms with E-state index in [1.54, 1.807) is 0 Å². The van der Waals surface area contributed by atoms with Crippen LogP contribution in [0.5, 0.6) is 11.5 Å². The van der Waals surface area contributed by atoms with Gasteiger partial charge in [0.1, 0.15) is 0 Å². The van der Waals surface area contributed by atoms with Gasteiger partial charge in [-0.25, -0.2) is 4.57 Å². The number of benzene rings is 1. The molecule has 0 atom stereocenters. The molecule has 1 aromatic heterocycles. The fraction of sp³-hybridized carbons (Fsp3) is 0.429. The van der Waals surface area contributed by atoms with Gasteiger partial charge in [0, 0.05) is 44.9 Å². The zero-order chi connectivity index (χ0) is 18.6. The van der Waals surface area contributed by atoms with Crippen molar-refractivity contribution in [3.8, 4) is 11.5 Å². The first kappa shape index (κ1) is 20.6. The van der Waals surface area contributed by atoms with Gasteiger partial charge in [0.2, 0.25) is 12.7 Å². The summed E-state index contributed by atoms with van der Waals surface area (Å²) in [6, 6.07) is 10.3. The predicted octanol–water partition coefficient (Wildman–Crippen LogP) is -1.25. The van der Waals surface area contributed by atoms with E-state index in [0.717, 1.165) is 50.8 Å². The van der Waals surface area contributed by atoms with Crippen molar-refractivity contribution < 1.29 is 35.8 Å². The van der Waals surface area contributed by atoms with Crippen molar-refractivity contribution >= 4 is 5.91 Å². The van der Waals surface area contributed by atoms with Crippen LogP contribution in [-0.2, 0) is 17.9 Å². The smallest absolute Gasteiger partial charge is 0.231 e. The maximum atomic E-state index is 12.5. The van der Waals surface area contributed by atoms with E-state index < -0.39 is 0 Å². The molecule has 150 valence electrons. The standard InChI is InChI=1S/C21H26N3O3.BrH/c1-17-4-7-22(8-5-17)9-6-21(25)24-12-10-23(11-13-24)15-18-2-3-19-20(14-18)27-16-26-19;/h2-5,7-8,14H,6,9-13,15-16H2,1H3;1H/q+1;/p-1. The van der Waals surface area contributed by atoms with Crippen LogP contribution in [0.1, 0.15) is 17.5 Å². The largest absolute Gasteiger partial charge is 1.00 e. The maximum Gasteiger partial charge on any atom is 0.231 e. The lowest BCUT2D eigenvalue weighted by atomic mass is 10.1. The molecule has 1 saturated heterocycles. The van der Waals surface area contributed by atoms with Crippen molar-refractivity contribution in [2.45, 2.75) is 26.4 Å². The van der Waals surface area contributed by atoms with Gasteiger partial charge in [0.25, 0.3) is 0 Å². The lowest BCUT2D eigenvalue weighted by Crippen LogP contribution is -3.00. The molecular weight excluding hydrogens is 422 g/mol. The molecule has 0 N–H and O–H groups in total. The summed E-state index contributed by atoms with van der Waals surface area (Å²) >= 11 is 0. The zero-order valence-electron chi connectivity index (χ0n) is 16.1. The van der Waals surface area contributed by atoms with Crippen LogP contribution in [0.4, 0.5) is 0 Å². The number of carbonyl (C=O) groups is 1. The molecular formula is C21H26BrN3O3. The Balaban J connectivity index is 0.00000225. The molecule has 3 heterocycles. The van der Waals surface area contributed by atoms with E-state index in [2.05, 4.69) is 40.7 Å². The van der Waals surface area contributed by atoms with Crippen molar-refractivity contribution in [3.63, 3.8) is 0 Å². The summed E-state index contributed by atoms with van der Waals surface area (Å²) in [5.41, 5.74) is 2.45. The van der Waals surface area contributed by atoms with Gasteiger partial charge in [-0.15, -0.1) is 0 Å². The van der Waals surface area contributed by atoms with E-state index in [-0.39, 0.29) is 22.9 Å². The molecule has 0 unspecified atom stereocenters. The highest BCUT2D eigenvalue weighted by Gasteiger charge is 2.22. The van der Waals surface area contributed by atoms with Gasteiger partial charge >= 0.3 is 0 Å². The third-order valence-electron chi connectivity index (χ3n) is 5.21. The molecule has 2 aliphatic heterocycles. The van der Waals surface area contributed by atoms with Crippen LogP contribution in [0.3, 0.4) is 0 Å². The Kier molecular flexibility index (Phi) is 6.91. The summed E-state index contributed by atoms with van der Waals surface area (Å²) in [4.78, 5) is 16.9. The Morgan fingerprint density at radius 3 is 2.50 bits per heavy atom. The molecule has 2 aliphatic rings. The van der Waals surface area contributed by atoms with Crippen molar-refractivity contribution in [3.05, 3.63) is 53.9 Å². The van der Waals surface area contributed by atoms with Gasteiger partial charge < -0.3 is 31.4 Å². The summed E-state index contributed by atoms with van der Waals surface area (Å²) < 4.78 is 12.9. The number of fused-ring (bicyclic) bond motifs is 1. The van der Waals surface area contributed by atoms with Crippen LogP contribution in [0.25, 0.3) is 0 Å². The number of aromatic nitrogens is 1. The van der Waals surface area contributed by atoms with Crippen molar-refractivity contribution in [2.75, 3.05) is 33.0 Å². The monoisotopic (exact) mass is 447 g/mol. The number of amides is 1. The second-order valence-electron chi connectivity index (χ2n) is 7.21. The number of halogens is 1. The minimum Gasteiger partial charge on any atom is -1.00 e. The molecule has 1 amide bonds. The van der Waals surface area contributed by atoms with E-state index in [1.807, 2.05) is 23.4 Å². The first-order chi connectivity index (χ1) is 13.2. The van der Waals surface area contributed by atoms with Crippen LogP contribution in [0.2, 0.25) is 0 Å². The van der Waals surface area contributed by atoms with Crippen molar-refractivity contribution in [1.29, 1.82) is 0 Å². The second-order valence-corrected chi connectivity index (χ2v) is 7.21. The summed E-state index contributed by atoms with van der Waals surface area (Å²) in [6.45, 7) is 7.37. The van der Waals surface area contributed by atoms with Gasteiger partial charge in [0.05, 0.1) is 6.42 Å². The summed E-state index contributed by atoms with van der Waals surface area (Å²) in [6.07, 6.45) is 4.62. The summed E-state index contributed by atoms with van der Waals surface area (Å²) in [7, 11) is 0. The van der Waals surface area contributed by atoms with Crippen molar-refractivity contribution in [1.82, 2.24) is 9.80 Å². The van der Waals surface area contributed by atoms with Crippen LogP contribution in [0.15, 0.2) is 42.7 Å². The Labute approximate surface area is 176 Å². The average molecular weight is 448 g/mol. The number of rotatable bonds is 5. The molecule has 0 saturated carbocycles. The summed E-state index contributed by atoms with van der Waals surface area (Å²) in [5.74, 6) is 1.89. The fourth-order valence-electron chi connectivity index (χ4n) is 3.52. The number of carbonyl (C=O) groups excluding carboxylic acids is 1. The Hall–Kier alpha value is -2.12. The SMILES string of the molecule is Cc1cc[n+](CCC(=O)N2CCN(Cc3ccc4c(c3)OCO4)CC2)cc1.[Br-]. The Morgan fingerprint density at radius 1 is 1.04 bits per heavy atom. The van der Waals surface area contributed by atoms with Crippen LogP contribution >= 0.6 is 0 Å². The highest BCUT2D eigenvalue weighted by Crippen LogP contribution is 2.32. The molecule has 28 heavy (non-hydrogen) atoms. The molecule has 1 fully saturated rings. The molecule has 1 aromatic carbocycles. The molecule has 0 spiro atoms. The van der Waals surface area contributed by atoms with Gasteiger partial charge in [-0.05, 0) is 30.2 Å². The molecule has 0 bridgehead atoms. The molecule has 0 aliphatic carbocycles. The number of hydrogen-bond donors (Lipinski definition) is 0. The quantitative estimate of drug-likeness (QED) is 0.537. The molecule has 2 aromatic rings. The lowest BCUT2D eigenvalue weighted by molar-refractivity contribution is -0.696. The van der Waals surface area contributed by atoms with E-state index in [0.29, 0.717) is 13.2 Å². The Bertz CT molecular complexity index is 805. The van der Waals surface area contributed by atoms with E-state index in [1.165, 1.54) is 11.1 Å². The van der Waals surface area contributed by atoms with Crippen molar-refractivity contribution in [2.24, 2.45) is 0 Å². The summed E-state index contributed by atoms with van der Waals surface area (Å²) in [5, 5.41) is 0. The third-order valence-corrected chi connectivity index (χ3v) is 5.21. The predicted molar refractivity (Wildman–Crippen MR) is 100 cm³/mol. The maximum absolute atomic E-state index is 12.5. The van der Waals surface area contributed by atoms with Gasteiger partial charge in [0.15, 0.2) is 30.4 Å². The normalized spacial score (nSPS) is 16.0. The number of piperazine rings is 1. The van der Waals surface area contributed by atoms with Gasteiger partial charge in [-0.1, -0.05) is 6.07 Å². The average Bonchev–Trinajstić information content (AvgIpc) is 3.16. The minimum absolute atomic E-state index is 0. The topological polar surface area (TPSA) is 45.9 Å². The molecule has 6 nitrogen and oxygen atoms in total. The van der Waals surface area contributed by atoms with Crippen LogP contribution < -0.4 is 31.0 Å². The molecule has 0 radical (unpaired) electrons. The first-order valence-corrected chi connectivity index (χ1v) is 9.52. The van der Waals surface area contributed by atoms with E-state index in [4.69, 9.17) is 9.47 Å². The van der Waals surface area contributed by atoms with Crippen LogP contribution in [-0.4, -0.2) is 48.7 Å². The van der Waals surface area contributed by atoms with Crippen LogP contribution in [0, 0.1) is 6.92 Å². The van der Waals surface area contributed by atoms with E-state index in [9.17, 15) is 4.79 Å². The number of hydrogen-bond acceptors (Lipinski definition) is 4. The second kappa shape index (κ2) is 9.39. The number of pyridine rings is 1. The number of aryl methyl sites for hydroxylation is 2. The van der Waals surface area contributed by atoms with E-state index >= 15 is 0 Å². The molecule has 4 rings (SSSR count). The highest BCUT2D eigenvalue weighted by atomic mass is 79.9. The van der Waals surface area contributed by atoms with Gasteiger partial charge in [-0.3, -0.25) is 9.69 Å². The number of ether oxygens (including phenoxy) is 2. The first-order valence-electron chi connectivity index (χ1n) is 9.52. The van der Waals surface area contributed by atoms with Gasteiger partial charge in [-0.2, -0.15) is 0 Å². The zero-order valence-corrected chi connectivity index (χ0v) is 17.7. The minimum atomic E-state index is 0. The third kappa shape index (κ3) is 5.02. The Morgan fingerprint density at radius 2 is 1.75 bits per heavy atom. The lowest BCUT2D eigenvalue weighted by Gasteiger charge is -2.34. The highest BCUT2D eigenvalue weighted by molar-refractivity contribution is 5.76. The fourth-order valence-corrected chi connectivity index (χ4v) is 3.52.